The molecule has 3 nitrogen and oxygen atoms in total. The van der Waals surface area contributed by atoms with E-state index in [2.05, 4.69) is 179 Å². The van der Waals surface area contributed by atoms with E-state index in [4.69, 9.17) is 4.98 Å². The van der Waals surface area contributed by atoms with Crippen LogP contribution in [0.1, 0.15) is 0 Å². The Labute approximate surface area is 293 Å². The van der Waals surface area contributed by atoms with E-state index in [1.54, 1.807) is 17.7 Å². The van der Waals surface area contributed by atoms with Crippen molar-refractivity contribution in [1.29, 1.82) is 0 Å². The molecule has 0 unspecified atom stereocenters. The predicted octanol–water partition coefficient (Wildman–Crippen LogP) is 12.6. The van der Waals surface area contributed by atoms with E-state index in [0.717, 1.165) is 38.3 Å². The van der Waals surface area contributed by atoms with Gasteiger partial charge in [-0.1, -0.05) is 121 Å². The van der Waals surface area contributed by atoms with Gasteiger partial charge < -0.3 is 4.57 Å². The van der Waals surface area contributed by atoms with Crippen LogP contribution in [0.3, 0.4) is 0 Å². The lowest BCUT2D eigenvalue weighted by molar-refractivity contribution is 1.18. The van der Waals surface area contributed by atoms with Gasteiger partial charge in [-0.3, -0.25) is 0 Å². The highest BCUT2D eigenvalue weighted by molar-refractivity contribution is 7.26. The molecule has 0 aliphatic rings. The van der Waals surface area contributed by atoms with Crippen molar-refractivity contribution in [2.45, 2.75) is 0 Å². The second kappa shape index (κ2) is 11.7. The molecule has 7 aromatic carbocycles. The molecule has 234 valence electrons. The summed E-state index contributed by atoms with van der Waals surface area (Å²) in [6.45, 7) is 0. The topological polar surface area (TPSA) is 30.7 Å². The smallest absolute Gasteiger partial charge is 0.116 e. The lowest BCUT2D eigenvalue weighted by atomic mass is 10.0. The molecule has 0 bridgehead atoms. The maximum atomic E-state index is 4.76. The minimum Gasteiger partial charge on any atom is -0.309 e. The fraction of sp³-hybridized carbons (Fsp3) is 0. The van der Waals surface area contributed by atoms with Crippen molar-refractivity contribution in [3.8, 4) is 50.3 Å². The second-order valence-corrected chi connectivity index (χ2v) is 13.7. The minimum absolute atomic E-state index is 0.977. The lowest BCUT2D eigenvalue weighted by Crippen LogP contribution is -1.94. The van der Waals surface area contributed by atoms with Gasteiger partial charge in [0.25, 0.3) is 0 Å². The van der Waals surface area contributed by atoms with Crippen LogP contribution in [-0.4, -0.2) is 14.5 Å². The largest absolute Gasteiger partial charge is 0.309 e. The van der Waals surface area contributed by atoms with Crippen LogP contribution in [0.2, 0.25) is 0 Å². The van der Waals surface area contributed by atoms with Crippen molar-refractivity contribution in [3.05, 3.63) is 176 Å². The molecule has 0 atom stereocenters. The first-order chi connectivity index (χ1) is 24.8. The zero-order valence-corrected chi connectivity index (χ0v) is 27.8. The van der Waals surface area contributed by atoms with Crippen LogP contribution in [0, 0.1) is 0 Å². The van der Waals surface area contributed by atoms with Gasteiger partial charge in [-0.2, -0.15) is 0 Å². The molecule has 0 spiro atoms. The summed E-state index contributed by atoms with van der Waals surface area (Å²) in [5, 5.41) is 3.67. The summed E-state index contributed by atoms with van der Waals surface area (Å²) in [4.78, 5) is 9.41. The molecule has 0 aliphatic carbocycles. The van der Waals surface area contributed by atoms with E-state index in [1.165, 1.54) is 54.1 Å². The number of hydrogen-bond acceptors (Lipinski definition) is 3. The Balaban J connectivity index is 1.08. The van der Waals surface area contributed by atoms with Gasteiger partial charge in [0.15, 0.2) is 0 Å². The highest BCUT2D eigenvalue weighted by Crippen LogP contribution is 2.40. The van der Waals surface area contributed by atoms with Gasteiger partial charge in [-0.05, 0) is 81.9 Å². The first-order valence-corrected chi connectivity index (χ1v) is 17.6. The molecule has 10 aromatic rings. The summed E-state index contributed by atoms with van der Waals surface area (Å²) in [5.74, 6) is 0. The summed E-state index contributed by atoms with van der Waals surface area (Å²) in [5.41, 5.74) is 13.8. The molecular weight excluding hydrogens is 627 g/mol. The highest BCUT2D eigenvalue weighted by atomic mass is 32.1. The maximum absolute atomic E-state index is 4.76. The predicted molar refractivity (Wildman–Crippen MR) is 211 cm³/mol. The van der Waals surface area contributed by atoms with Gasteiger partial charge in [-0.25, -0.2) is 9.97 Å². The van der Waals surface area contributed by atoms with E-state index >= 15 is 0 Å². The molecule has 0 fully saturated rings. The molecule has 0 amide bonds. The average molecular weight is 656 g/mol. The molecule has 50 heavy (non-hydrogen) atoms. The van der Waals surface area contributed by atoms with Crippen LogP contribution in [0.15, 0.2) is 176 Å². The Morgan fingerprint density at radius 1 is 0.400 bits per heavy atom. The third-order valence-corrected chi connectivity index (χ3v) is 10.9. The summed E-state index contributed by atoms with van der Waals surface area (Å²) < 4.78 is 4.75. The molecular formula is C46H29N3S. The fourth-order valence-electron chi connectivity index (χ4n) is 7.30. The van der Waals surface area contributed by atoms with E-state index in [-0.39, 0.29) is 0 Å². The quantitative estimate of drug-likeness (QED) is 0.185. The van der Waals surface area contributed by atoms with E-state index in [0.29, 0.717) is 0 Å². The van der Waals surface area contributed by atoms with Gasteiger partial charge in [0.05, 0.1) is 26.9 Å². The van der Waals surface area contributed by atoms with Crippen LogP contribution in [0.25, 0.3) is 92.4 Å². The van der Waals surface area contributed by atoms with Gasteiger partial charge in [0.1, 0.15) is 6.33 Å². The SMILES string of the molecule is c1ccc(-c2ccc3c(c2)c2cc(-c4ccccc4)ccc2n3-c2ccc(-c3cccc(-c4ncnc5c4sc4ccccc45)c3)cc2)cc1. The zero-order chi connectivity index (χ0) is 33.0. The van der Waals surface area contributed by atoms with Crippen molar-refractivity contribution >= 4 is 53.4 Å². The van der Waals surface area contributed by atoms with Gasteiger partial charge in [0, 0.05) is 32.1 Å². The van der Waals surface area contributed by atoms with Crippen LogP contribution in [-0.2, 0) is 0 Å². The number of thiophene rings is 1. The molecule has 0 aliphatic heterocycles. The van der Waals surface area contributed by atoms with Gasteiger partial charge in [-0.15, -0.1) is 11.3 Å². The second-order valence-electron chi connectivity index (χ2n) is 12.7. The Morgan fingerprint density at radius 2 is 0.940 bits per heavy atom. The Kier molecular flexibility index (Phi) is 6.68. The van der Waals surface area contributed by atoms with Gasteiger partial charge in [0.2, 0.25) is 0 Å². The molecule has 3 aromatic heterocycles. The standard InChI is InChI=1S/C46H29N3S/c1-3-10-30(11-4-1)34-20-24-41-39(27-34)40-28-35(31-12-5-2-6-13-31)21-25-42(40)49(41)37-22-18-32(19-23-37)33-14-9-15-36(26-33)44-46-45(48-29-47-44)38-16-7-8-17-43(38)50-46/h1-29H. The molecule has 0 saturated heterocycles. The summed E-state index contributed by atoms with van der Waals surface area (Å²) >= 11 is 1.76. The van der Waals surface area contributed by atoms with E-state index in [9.17, 15) is 0 Å². The maximum Gasteiger partial charge on any atom is 0.116 e. The van der Waals surface area contributed by atoms with Crippen molar-refractivity contribution in [2.75, 3.05) is 0 Å². The third kappa shape index (κ3) is 4.73. The first-order valence-electron chi connectivity index (χ1n) is 16.8. The minimum atomic E-state index is 0.977. The number of fused-ring (bicyclic) bond motifs is 6. The first kappa shape index (κ1) is 28.6. The Bertz CT molecular complexity index is 2750. The van der Waals surface area contributed by atoms with Crippen LogP contribution in [0.4, 0.5) is 0 Å². The molecule has 0 saturated carbocycles. The molecule has 0 N–H and O–H groups in total. The Hall–Kier alpha value is -6.36. The molecule has 10 rings (SSSR count). The van der Waals surface area contributed by atoms with Crippen LogP contribution >= 0.6 is 11.3 Å². The number of rotatable bonds is 5. The summed E-state index contributed by atoms with van der Waals surface area (Å²) in [6, 6.07) is 61.1. The molecule has 0 radical (unpaired) electrons. The summed E-state index contributed by atoms with van der Waals surface area (Å²) in [7, 11) is 0. The average Bonchev–Trinajstić information content (AvgIpc) is 3.74. The number of hydrogen-bond donors (Lipinski definition) is 0. The number of aromatic nitrogens is 3. The molecule has 4 heteroatoms. The van der Waals surface area contributed by atoms with Crippen LogP contribution in [0.5, 0.6) is 0 Å². The monoisotopic (exact) mass is 655 g/mol. The van der Waals surface area contributed by atoms with Crippen LogP contribution < -0.4 is 0 Å². The third-order valence-electron chi connectivity index (χ3n) is 9.73. The Morgan fingerprint density at radius 3 is 1.62 bits per heavy atom. The van der Waals surface area contributed by atoms with Gasteiger partial charge >= 0.3 is 0 Å². The normalized spacial score (nSPS) is 11.6. The van der Waals surface area contributed by atoms with Crippen molar-refractivity contribution in [2.24, 2.45) is 0 Å². The summed E-state index contributed by atoms with van der Waals surface area (Å²) in [6.07, 6.45) is 1.69. The lowest BCUT2D eigenvalue weighted by Gasteiger charge is -2.11. The number of benzene rings is 7. The number of nitrogens with zero attached hydrogens (tertiary/aromatic N) is 3. The van der Waals surface area contributed by atoms with E-state index < -0.39 is 0 Å². The van der Waals surface area contributed by atoms with Crippen molar-refractivity contribution < 1.29 is 0 Å². The fourth-order valence-corrected chi connectivity index (χ4v) is 8.47. The van der Waals surface area contributed by atoms with Crippen molar-refractivity contribution in [1.82, 2.24) is 14.5 Å². The van der Waals surface area contributed by atoms with Crippen molar-refractivity contribution in [3.63, 3.8) is 0 Å². The highest BCUT2D eigenvalue weighted by Gasteiger charge is 2.16. The van der Waals surface area contributed by atoms with E-state index in [1.807, 2.05) is 0 Å². The molecule has 3 heterocycles. The zero-order valence-electron chi connectivity index (χ0n) is 27.0.